The largest absolute Gasteiger partial charge is 0.103 e. The SMILES string of the molecule is C=CCC(CC)C1CC1. The van der Waals surface area contributed by atoms with Gasteiger partial charge in [0.2, 0.25) is 0 Å². The van der Waals surface area contributed by atoms with Gasteiger partial charge in [0.05, 0.1) is 0 Å². The maximum atomic E-state index is 3.76. The molecule has 0 amide bonds. The highest BCUT2D eigenvalue weighted by atomic mass is 14.3. The topological polar surface area (TPSA) is 0 Å². The number of rotatable bonds is 4. The van der Waals surface area contributed by atoms with Gasteiger partial charge in [0, 0.05) is 0 Å². The van der Waals surface area contributed by atoms with Crippen LogP contribution in [0.15, 0.2) is 12.7 Å². The van der Waals surface area contributed by atoms with Crippen molar-refractivity contribution in [3.63, 3.8) is 0 Å². The van der Waals surface area contributed by atoms with E-state index in [1.165, 1.54) is 25.7 Å². The summed E-state index contributed by atoms with van der Waals surface area (Å²) in [6, 6.07) is 0. The standard InChI is InChI=1S/C9H16/c1-3-5-8(4-2)9-6-7-9/h3,8-9H,1,4-7H2,2H3. The van der Waals surface area contributed by atoms with Crippen LogP contribution in [0, 0.1) is 11.8 Å². The first-order valence-electron chi connectivity index (χ1n) is 3.99. The second kappa shape index (κ2) is 3.05. The molecular formula is C9H16. The van der Waals surface area contributed by atoms with Gasteiger partial charge in [-0.3, -0.25) is 0 Å². The van der Waals surface area contributed by atoms with Crippen LogP contribution in [-0.2, 0) is 0 Å². The molecule has 1 fully saturated rings. The van der Waals surface area contributed by atoms with Gasteiger partial charge in [-0.05, 0) is 31.1 Å². The summed E-state index contributed by atoms with van der Waals surface area (Å²) >= 11 is 0. The molecular weight excluding hydrogens is 108 g/mol. The molecule has 0 radical (unpaired) electrons. The third-order valence-electron chi connectivity index (χ3n) is 2.28. The normalized spacial score (nSPS) is 21.4. The van der Waals surface area contributed by atoms with Crippen LogP contribution in [0.4, 0.5) is 0 Å². The summed E-state index contributed by atoms with van der Waals surface area (Å²) in [7, 11) is 0. The Kier molecular flexibility index (Phi) is 2.32. The summed E-state index contributed by atoms with van der Waals surface area (Å²) in [6.07, 6.45) is 7.60. The molecule has 0 aromatic rings. The first kappa shape index (κ1) is 6.85. The van der Waals surface area contributed by atoms with E-state index in [1.807, 2.05) is 0 Å². The van der Waals surface area contributed by atoms with Crippen LogP contribution in [-0.4, -0.2) is 0 Å². The Morgan fingerprint density at radius 1 is 1.67 bits per heavy atom. The fourth-order valence-corrected chi connectivity index (χ4v) is 1.47. The molecule has 1 unspecified atom stereocenters. The molecule has 0 heterocycles. The van der Waals surface area contributed by atoms with Crippen LogP contribution in [0.5, 0.6) is 0 Å². The van der Waals surface area contributed by atoms with Crippen molar-refractivity contribution in [3.8, 4) is 0 Å². The molecule has 0 nitrogen and oxygen atoms in total. The zero-order valence-corrected chi connectivity index (χ0v) is 6.27. The van der Waals surface area contributed by atoms with Crippen LogP contribution < -0.4 is 0 Å². The fourth-order valence-electron chi connectivity index (χ4n) is 1.47. The maximum absolute atomic E-state index is 3.76. The molecule has 1 atom stereocenters. The van der Waals surface area contributed by atoms with Crippen LogP contribution in [0.2, 0.25) is 0 Å². The highest BCUT2D eigenvalue weighted by Gasteiger charge is 2.28. The van der Waals surface area contributed by atoms with Crippen molar-refractivity contribution in [2.75, 3.05) is 0 Å². The van der Waals surface area contributed by atoms with Gasteiger partial charge in [-0.15, -0.1) is 6.58 Å². The summed E-state index contributed by atoms with van der Waals surface area (Å²) in [5.74, 6) is 2.02. The van der Waals surface area contributed by atoms with Gasteiger partial charge >= 0.3 is 0 Å². The number of allylic oxidation sites excluding steroid dienone is 1. The molecule has 9 heavy (non-hydrogen) atoms. The van der Waals surface area contributed by atoms with Gasteiger partial charge in [0.1, 0.15) is 0 Å². The van der Waals surface area contributed by atoms with E-state index in [4.69, 9.17) is 0 Å². The van der Waals surface area contributed by atoms with E-state index in [0.29, 0.717) is 0 Å². The van der Waals surface area contributed by atoms with E-state index < -0.39 is 0 Å². The van der Waals surface area contributed by atoms with Crippen molar-refractivity contribution in [2.24, 2.45) is 11.8 Å². The third-order valence-corrected chi connectivity index (χ3v) is 2.28. The van der Waals surface area contributed by atoms with E-state index in [2.05, 4.69) is 19.6 Å². The fraction of sp³-hybridized carbons (Fsp3) is 0.778. The maximum Gasteiger partial charge on any atom is -0.0322 e. The van der Waals surface area contributed by atoms with Gasteiger partial charge in [0.25, 0.3) is 0 Å². The minimum absolute atomic E-state index is 0.961. The van der Waals surface area contributed by atoms with E-state index >= 15 is 0 Å². The highest BCUT2D eigenvalue weighted by Crippen LogP contribution is 2.40. The zero-order valence-electron chi connectivity index (χ0n) is 6.27. The monoisotopic (exact) mass is 124 g/mol. The Morgan fingerprint density at radius 3 is 2.67 bits per heavy atom. The Hall–Kier alpha value is -0.260. The first-order chi connectivity index (χ1) is 4.38. The van der Waals surface area contributed by atoms with Crippen molar-refractivity contribution in [3.05, 3.63) is 12.7 Å². The highest BCUT2D eigenvalue weighted by molar-refractivity contribution is 4.84. The molecule has 0 spiro atoms. The smallest absolute Gasteiger partial charge is 0.0322 e. The molecule has 0 aliphatic heterocycles. The minimum atomic E-state index is 0.961. The predicted octanol–water partition coefficient (Wildman–Crippen LogP) is 3.00. The summed E-state index contributed by atoms with van der Waals surface area (Å²) in [4.78, 5) is 0. The number of hydrogen-bond donors (Lipinski definition) is 0. The van der Waals surface area contributed by atoms with E-state index in [0.717, 1.165) is 11.8 Å². The first-order valence-corrected chi connectivity index (χ1v) is 3.99. The second-order valence-electron chi connectivity index (χ2n) is 3.03. The molecule has 0 N–H and O–H groups in total. The van der Waals surface area contributed by atoms with Crippen molar-refractivity contribution in [2.45, 2.75) is 32.6 Å². The van der Waals surface area contributed by atoms with Crippen molar-refractivity contribution >= 4 is 0 Å². The lowest BCUT2D eigenvalue weighted by Crippen LogP contribution is -1.98. The van der Waals surface area contributed by atoms with Crippen LogP contribution in [0.1, 0.15) is 32.6 Å². The van der Waals surface area contributed by atoms with Gasteiger partial charge in [-0.2, -0.15) is 0 Å². The molecule has 1 aliphatic rings. The molecule has 52 valence electrons. The Labute approximate surface area is 58.0 Å². The van der Waals surface area contributed by atoms with Crippen molar-refractivity contribution < 1.29 is 0 Å². The van der Waals surface area contributed by atoms with E-state index in [9.17, 15) is 0 Å². The lowest BCUT2D eigenvalue weighted by molar-refractivity contribution is 0.453. The van der Waals surface area contributed by atoms with Crippen molar-refractivity contribution in [1.29, 1.82) is 0 Å². The van der Waals surface area contributed by atoms with Crippen molar-refractivity contribution in [1.82, 2.24) is 0 Å². The molecule has 0 heteroatoms. The molecule has 1 aliphatic carbocycles. The van der Waals surface area contributed by atoms with Gasteiger partial charge in [-0.1, -0.05) is 19.4 Å². The van der Waals surface area contributed by atoms with E-state index in [1.54, 1.807) is 0 Å². The molecule has 0 aromatic heterocycles. The third kappa shape index (κ3) is 1.85. The van der Waals surface area contributed by atoms with Crippen LogP contribution >= 0.6 is 0 Å². The summed E-state index contributed by atoms with van der Waals surface area (Å²) in [5.41, 5.74) is 0. The van der Waals surface area contributed by atoms with Crippen LogP contribution in [0.25, 0.3) is 0 Å². The van der Waals surface area contributed by atoms with Gasteiger partial charge < -0.3 is 0 Å². The Morgan fingerprint density at radius 2 is 2.33 bits per heavy atom. The van der Waals surface area contributed by atoms with E-state index in [-0.39, 0.29) is 0 Å². The minimum Gasteiger partial charge on any atom is -0.103 e. The average Bonchev–Trinajstić information content (AvgIpc) is 2.64. The predicted molar refractivity (Wildman–Crippen MR) is 41.3 cm³/mol. The summed E-state index contributed by atoms with van der Waals surface area (Å²) < 4.78 is 0. The zero-order chi connectivity index (χ0) is 6.69. The Bertz CT molecular complexity index is 90.2. The Balaban J connectivity index is 2.20. The summed E-state index contributed by atoms with van der Waals surface area (Å²) in [6.45, 7) is 6.04. The quantitative estimate of drug-likeness (QED) is 0.505. The lowest BCUT2D eigenvalue weighted by atomic mass is 9.97. The number of hydrogen-bond acceptors (Lipinski definition) is 0. The average molecular weight is 124 g/mol. The molecule has 0 aromatic carbocycles. The lowest BCUT2D eigenvalue weighted by Gasteiger charge is -2.08. The molecule has 1 saturated carbocycles. The second-order valence-corrected chi connectivity index (χ2v) is 3.03. The molecule has 0 saturated heterocycles. The molecule has 1 rings (SSSR count). The van der Waals surface area contributed by atoms with Gasteiger partial charge in [-0.25, -0.2) is 0 Å². The summed E-state index contributed by atoms with van der Waals surface area (Å²) in [5, 5.41) is 0. The van der Waals surface area contributed by atoms with Crippen LogP contribution in [0.3, 0.4) is 0 Å². The van der Waals surface area contributed by atoms with Gasteiger partial charge in [0.15, 0.2) is 0 Å². The molecule has 0 bridgehead atoms.